The molecule has 1 aromatic heterocycles. The van der Waals surface area contributed by atoms with Crippen LogP contribution in [0, 0.1) is 6.92 Å². The fourth-order valence-electron chi connectivity index (χ4n) is 1.74. The zero-order chi connectivity index (χ0) is 13.8. The van der Waals surface area contributed by atoms with E-state index in [1.165, 1.54) is 0 Å². The molecule has 1 heterocycles. The fourth-order valence-corrected chi connectivity index (χ4v) is 2.50. The van der Waals surface area contributed by atoms with Crippen LogP contribution in [0.15, 0.2) is 34.8 Å². The summed E-state index contributed by atoms with van der Waals surface area (Å²) in [4.78, 5) is 4.37. The average Bonchev–Trinajstić information content (AvgIpc) is 2.32. The Labute approximate surface area is 126 Å². The molecule has 0 radical (unpaired) electrons. The van der Waals surface area contributed by atoms with Gasteiger partial charge < -0.3 is 10.1 Å². The third-order valence-corrected chi connectivity index (χ3v) is 3.33. The molecule has 5 heteroatoms. The van der Waals surface area contributed by atoms with E-state index in [4.69, 9.17) is 16.3 Å². The number of aromatic nitrogens is 1. The molecule has 0 aliphatic rings. The van der Waals surface area contributed by atoms with Gasteiger partial charge in [-0.1, -0.05) is 11.6 Å². The molecule has 0 saturated heterocycles. The number of hydrogen-bond donors (Lipinski definition) is 1. The third-order valence-electron chi connectivity index (χ3n) is 2.48. The zero-order valence-electron chi connectivity index (χ0n) is 10.7. The highest BCUT2D eigenvalue weighted by Gasteiger charge is 2.06. The number of pyridine rings is 1. The first-order valence-electron chi connectivity index (χ1n) is 5.83. The topological polar surface area (TPSA) is 34.2 Å². The van der Waals surface area contributed by atoms with Gasteiger partial charge in [-0.25, -0.2) is 4.98 Å². The van der Waals surface area contributed by atoms with Gasteiger partial charge >= 0.3 is 0 Å². The predicted octanol–water partition coefficient (Wildman–Crippen LogP) is 4.32. The molecule has 3 nitrogen and oxygen atoms in total. The van der Waals surface area contributed by atoms with Gasteiger partial charge in [-0.2, -0.15) is 0 Å². The van der Waals surface area contributed by atoms with E-state index in [0.29, 0.717) is 16.7 Å². The largest absolute Gasteiger partial charge is 0.438 e. The maximum Gasteiger partial charge on any atom is 0.219 e. The molecular formula is C14H14BrClN2O. The fraction of sp³-hybridized carbons (Fsp3) is 0.214. The Morgan fingerprint density at radius 1 is 1.32 bits per heavy atom. The van der Waals surface area contributed by atoms with Crippen LogP contribution >= 0.6 is 27.5 Å². The lowest BCUT2D eigenvalue weighted by Crippen LogP contribution is -2.06. The molecule has 0 aliphatic carbocycles. The molecule has 1 aromatic carbocycles. The average molecular weight is 342 g/mol. The minimum Gasteiger partial charge on any atom is -0.438 e. The normalized spacial score (nSPS) is 10.5. The van der Waals surface area contributed by atoms with Crippen LogP contribution in [-0.4, -0.2) is 12.0 Å². The number of nitrogens with zero attached hydrogens (tertiary/aromatic N) is 1. The Morgan fingerprint density at radius 2 is 2.11 bits per heavy atom. The van der Waals surface area contributed by atoms with Crippen LogP contribution in [0.2, 0.25) is 5.02 Å². The van der Waals surface area contributed by atoms with Crippen molar-refractivity contribution in [1.82, 2.24) is 10.3 Å². The maximum absolute atomic E-state index is 5.90. The van der Waals surface area contributed by atoms with Crippen molar-refractivity contribution in [2.45, 2.75) is 13.5 Å². The van der Waals surface area contributed by atoms with E-state index in [-0.39, 0.29) is 0 Å². The first-order valence-corrected chi connectivity index (χ1v) is 7.00. The standard InChI is InChI=1S/C14H14BrClN2O/c1-9-5-10(8-17-2)6-14(18-9)19-13-4-3-11(16)7-12(13)15/h3-7,17H,8H2,1-2H3. The second kappa shape index (κ2) is 6.37. The Morgan fingerprint density at radius 3 is 2.79 bits per heavy atom. The van der Waals surface area contributed by atoms with Crippen LogP contribution < -0.4 is 10.1 Å². The molecule has 1 N–H and O–H groups in total. The Kier molecular flexibility index (Phi) is 4.80. The lowest BCUT2D eigenvalue weighted by atomic mass is 10.2. The van der Waals surface area contributed by atoms with E-state index in [9.17, 15) is 0 Å². The molecule has 0 atom stereocenters. The summed E-state index contributed by atoms with van der Waals surface area (Å²) in [6.07, 6.45) is 0. The first kappa shape index (κ1) is 14.3. The summed E-state index contributed by atoms with van der Waals surface area (Å²) in [6, 6.07) is 9.34. The number of aryl methyl sites for hydroxylation is 1. The Bertz CT molecular complexity index is 590. The highest BCUT2D eigenvalue weighted by molar-refractivity contribution is 9.10. The van der Waals surface area contributed by atoms with E-state index in [1.54, 1.807) is 12.1 Å². The summed E-state index contributed by atoms with van der Waals surface area (Å²) in [5.74, 6) is 1.27. The van der Waals surface area contributed by atoms with Gasteiger partial charge in [0.1, 0.15) is 5.75 Å². The summed E-state index contributed by atoms with van der Waals surface area (Å²) < 4.78 is 6.59. The van der Waals surface area contributed by atoms with Crippen molar-refractivity contribution in [2.24, 2.45) is 0 Å². The summed E-state index contributed by atoms with van der Waals surface area (Å²) in [6.45, 7) is 2.73. The summed E-state index contributed by atoms with van der Waals surface area (Å²) in [5, 5.41) is 3.77. The molecule has 0 fully saturated rings. The molecule has 2 rings (SSSR count). The van der Waals surface area contributed by atoms with Crippen molar-refractivity contribution in [2.75, 3.05) is 7.05 Å². The van der Waals surface area contributed by atoms with Crippen molar-refractivity contribution >= 4 is 27.5 Å². The molecule has 100 valence electrons. The van der Waals surface area contributed by atoms with E-state index in [2.05, 4.69) is 26.2 Å². The number of hydrogen-bond acceptors (Lipinski definition) is 3. The van der Waals surface area contributed by atoms with Crippen molar-refractivity contribution in [3.63, 3.8) is 0 Å². The SMILES string of the molecule is CNCc1cc(C)nc(Oc2ccc(Cl)cc2Br)c1. The van der Waals surface area contributed by atoms with Crippen LogP contribution in [-0.2, 0) is 6.54 Å². The van der Waals surface area contributed by atoms with Gasteiger partial charge in [0.2, 0.25) is 5.88 Å². The van der Waals surface area contributed by atoms with E-state index < -0.39 is 0 Å². The molecular weight excluding hydrogens is 328 g/mol. The van der Waals surface area contributed by atoms with Crippen LogP contribution in [0.4, 0.5) is 0 Å². The summed E-state index contributed by atoms with van der Waals surface area (Å²) >= 11 is 9.32. The Balaban J connectivity index is 2.27. The molecule has 0 saturated carbocycles. The van der Waals surface area contributed by atoms with Gasteiger partial charge in [-0.3, -0.25) is 0 Å². The first-order chi connectivity index (χ1) is 9.08. The molecule has 0 aliphatic heterocycles. The molecule has 0 unspecified atom stereocenters. The minimum atomic E-state index is 0.577. The van der Waals surface area contributed by atoms with Gasteiger partial charge in [-0.05, 0) is 59.7 Å². The van der Waals surface area contributed by atoms with Gasteiger partial charge in [0.25, 0.3) is 0 Å². The minimum absolute atomic E-state index is 0.577. The number of rotatable bonds is 4. The molecule has 0 spiro atoms. The van der Waals surface area contributed by atoms with Crippen molar-refractivity contribution in [3.05, 3.63) is 51.1 Å². The third kappa shape index (κ3) is 3.93. The van der Waals surface area contributed by atoms with Crippen LogP contribution in [0.3, 0.4) is 0 Å². The van der Waals surface area contributed by atoms with Gasteiger partial charge in [0.05, 0.1) is 4.47 Å². The maximum atomic E-state index is 5.90. The number of ether oxygens (including phenoxy) is 1. The number of nitrogens with one attached hydrogen (secondary N) is 1. The number of benzene rings is 1. The quantitative estimate of drug-likeness (QED) is 0.899. The van der Waals surface area contributed by atoms with Crippen LogP contribution in [0.25, 0.3) is 0 Å². The highest BCUT2D eigenvalue weighted by Crippen LogP contribution is 2.31. The predicted molar refractivity (Wildman–Crippen MR) is 81.0 cm³/mol. The van der Waals surface area contributed by atoms with Crippen molar-refractivity contribution in [1.29, 1.82) is 0 Å². The van der Waals surface area contributed by atoms with Gasteiger partial charge in [0, 0.05) is 23.3 Å². The lowest BCUT2D eigenvalue weighted by molar-refractivity contribution is 0.458. The van der Waals surface area contributed by atoms with Crippen LogP contribution in [0.5, 0.6) is 11.6 Å². The number of halogens is 2. The van der Waals surface area contributed by atoms with Gasteiger partial charge in [0.15, 0.2) is 0 Å². The zero-order valence-corrected chi connectivity index (χ0v) is 13.0. The second-order valence-electron chi connectivity index (χ2n) is 4.16. The van der Waals surface area contributed by atoms with E-state index in [0.717, 1.165) is 22.3 Å². The van der Waals surface area contributed by atoms with Gasteiger partial charge in [-0.15, -0.1) is 0 Å². The smallest absolute Gasteiger partial charge is 0.219 e. The molecule has 19 heavy (non-hydrogen) atoms. The van der Waals surface area contributed by atoms with Crippen molar-refractivity contribution < 1.29 is 4.74 Å². The molecule has 0 amide bonds. The van der Waals surface area contributed by atoms with Crippen molar-refractivity contribution in [3.8, 4) is 11.6 Å². The van der Waals surface area contributed by atoms with Crippen LogP contribution in [0.1, 0.15) is 11.3 Å². The molecule has 0 bridgehead atoms. The monoisotopic (exact) mass is 340 g/mol. The van der Waals surface area contributed by atoms with E-state index >= 15 is 0 Å². The highest BCUT2D eigenvalue weighted by atomic mass is 79.9. The lowest BCUT2D eigenvalue weighted by Gasteiger charge is -2.09. The Hall–Kier alpha value is -1.10. The second-order valence-corrected chi connectivity index (χ2v) is 5.45. The molecule has 2 aromatic rings. The summed E-state index contributed by atoms with van der Waals surface area (Å²) in [7, 11) is 1.91. The summed E-state index contributed by atoms with van der Waals surface area (Å²) in [5.41, 5.74) is 2.06. The van der Waals surface area contributed by atoms with E-state index in [1.807, 2.05) is 32.2 Å².